The zero-order valence-corrected chi connectivity index (χ0v) is 14.8. The first-order valence-electron chi connectivity index (χ1n) is 7.05. The normalized spacial score (nSPS) is 12.4. The summed E-state index contributed by atoms with van der Waals surface area (Å²) in [7, 11) is -3.57. The van der Waals surface area contributed by atoms with Crippen LogP contribution in [0.2, 0.25) is 0 Å². The lowest BCUT2D eigenvalue weighted by Crippen LogP contribution is -2.29. The van der Waals surface area contributed by atoms with Crippen LogP contribution in [0.25, 0.3) is 0 Å². The van der Waals surface area contributed by atoms with E-state index in [0.29, 0.717) is 37.7 Å². The van der Waals surface area contributed by atoms with Crippen LogP contribution in [-0.4, -0.2) is 34.2 Å². The molecule has 3 N–H and O–H groups in total. The van der Waals surface area contributed by atoms with Crippen LogP contribution in [0.5, 0.6) is 11.5 Å². The van der Waals surface area contributed by atoms with Crippen LogP contribution in [0.15, 0.2) is 23.1 Å². The summed E-state index contributed by atoms with van der Waals surface area (Å²) in [4.78, 5) is 0.152. The standard InChI is InChI=1S/C14H24N2O4S.ClH/c1-4-19-13-7-6-12(10-14(13)20-5-2)21(17,18)16-9-8-11(3)15;/h6-7,10-11,16H,4-5,8-9,15H2,1-3H3;1H. The minimum Gasteiger partial charge on any atom is -0.490 e. The van der Waals surface area contributed by atoms with Gasteiger partial charge in [-0.25, -0.2) is 13.1 Å². The third-order valence-electron chi connectivity index (χ3n) is 2.72. The van der Waals surface area contributed by atoms with Crippen LogP contribution in [-0.2, 0) is 10.0 Å². The minimum atomic E-state index is -3.57. The van der Waals surface area contributed by atoms with E-state index >= 15 is 0 Å². The van der Waals surface area contributed by atoms with Crippen molar-refractivity contribution in [1.29, 1.82) is 0 Å². The lowest BCUT2D eigenvalue weighted by Gasteiger charge is -2.13. The highest BCUT2D eigenvalue weighted by Crippen LogP contribution is 2.30. The molecule has 1 atom stereocenters. The Labute approximate surface area is 138 Å². The summed E-state index contributed by atoms with van der Waals surface area (Å²) in [6, 6.07) is 4.53. The Bertz CT molecular complexity index is 550. The molecule has 0 fully saturated rings. The topological polar surface area (TPSA) is 90.7 Å². The number of halogens is 1. The van der Waals surface area contributed by atoms with Crippen molar-refractivity contribution in [2.75, 3.05) is 19.8 Å². The number of nitrogens with one attached hydrogen (secondary N) is 1. The average Bonchev–Trinajstić information content (AvgIpc) is 2.40. The molecule has 0 spiro atoms. The molecule has 0 aliphatic carbocycles. The number of hydrogen-bond donors (Lipinski definition) is 2. The zero-order valence-electron chi connectivity index (χ0n) is 13.2. The van der Waals surface area contributed by atoms with Gasteiger partial charge in [0.25, 0.3) is 0 Å². The van der Waals surface area contributed by atoms with E-state index in [-0.39, 0.29) is 23.3 Å². The quantitative estimate of drug-likeness (QED) is 0.708. The highest BCUT2D eigenvalue weighted by Gasteiger charge is 2.17. The molecule has 1 unspecified atom stereocenters. The minimum absolute atomic E-state index is 0. The summed E-state index contributed by atoms with van der Waals surface area (Å²) >= 11 is 0. The predicted molar refractivity (Wildman–Crippen MR) is 89.5 cm³/mol. The van der Waals surface area contributed by atoms with Gasteiger partial charge in [0, 0.05) is 18.7 Å². The number of ether oxygens (including phenoxy) is 2. The van der Waals surface area contributed by atoms with Gasteiger partial charge in [0.1, 0.15) is 0 Å². The first kappa shape index (κ1) is 21.0. The zero-order chi connectivity index (χ0) is 15.9. The third-order valence-corrected chi connectivity index (χ3v) is 4.18. The SMILES string of the molecule is CCOc1ccc(S(=O)(=O)NCCC(C)N)cc1OCC.Cl. The summed E-state index contributed by atoms with van der Waals surface area (Å²) < 4.78 is 37.7. The average molecular weight is 353 g/mol. The molecular formula is C14H25ClN2O4S. The van der Waals surface area contributed by atoms with Crippen molar-refractivity contribution in [3.8, 4) is 11.5 Å². The highest BCUT2D eigenvalue weighted by molar-refractivity contribution is 7.89. The van der Waals surface area contributed by atoms with Gasteiger partial charge in [0.05, 0.1) is 18.1 Å². The van der Waals surface area contributed by atoms with Gasteiger partial charge in [-0.3, -0.25) is 0 Å². The number of sulfonamides is 1. The molecule has 0 radical (unpaired) electrons. The van der Waals surface area contributed by atoms with Crippen LogP contribution in [0.3, 0.4) is 0 Å². The fraction of sp³-hybridized carbons (Fsp3) is 0.571. The Morgan fingerprint density at radius 3 is 2.32 bits per heavy atom. The Morgan fingerprint density at radius 2 is 1.77 bits per heavy atom. The van der Waals surface area contributed by atoms with Gasteiger partial charge >= 0.3 is 0 Å². The summed E-state index contributed by atoms with van der Waals surface area (Å²) in [6.07, 6.45) is 0.578. The molecule has 0 aliphatic heterocycles. The second kappa shape index (κ2) is 9.89. The molecular weight excluding hydrogens is 328 g/mol. The Hall–Kier alpha value is -1.02. The van der Waals surface area contributed by atoms with Crippen molar-refractivity contribution in [2.45, 2.75) is 38.1 Å². The van der Waals surface area contributed by atoms with Crippen molar-refractivity contribution in [2.24, 2.45) is 5.73 Å². The van der Waals surface area contributed by atoms with Crippen molar-refractivity contribution in [1.82, 2.24) is 4.72 Å². The lowest BCUT2D eigenvalue weighted by molar-refractivity contribution is 0.287. The molecule has 1 aromatic rings. The van der Waals surface area contributed by atoms with E-state index in [9.17, 15) is 8.42 Å². The molecule has 6 nitrogen and oxygen atoms in total. The molecule has 0 amide bonds. The summed E-state index contributed by atoms with van der Waals surface area (Å²) in [5.41, 5.74) is 5.61. The van der Waals surface area contributed by atoms with Crippen LogP contribution in [0.1, 0.15) is 27.2 Å². The van der Waals surface area contributed by atoms with E-state index in [2.05, 4.69) is 4.72 Å². The van der Waals surface area contributed by atoms with E-state index in [1.807, 2.05) is 20.8 Å². The molecule has 0 saturated heterocycles. The van der Waals surface area contributed by atoms with Crippen molar-refractivity contribution < 1.29 is 17.9 Å². The maximum absolute atomic E-state index is 12.2. The molecule has 1 rings (SSSR count). The van der Waals surface area contributed by atoms with Gasteiger partial charge in [-0.2, -0.15) is 0 Å². The van der Waals surface area contributed by atoms with E-state index in [1.165, 1.54) is 12.1 Å². The van der Waals surface area contributed by atoms with E-state index in [0.717, 1.165) is 0 Å². The van der Waals surface area contributed by atoms with E-state index in [4.69, 9.17) is 15.2 Å². The second-order valence-corrected chi connectivity index (χ2v) is 6.41. The number of nitrogens with two attached hydrogens (primary N) is 1. The lowest BCUT2D eigenvalue weighted by atomic mass is 10.3. The monoisotopic (exact) mass is 352 g/mol. The largest absolute Gasteiger partial charge is 0.490 e. The van der Waals surface area contributed by atoms with Crippen LogP contribution < -0.4 is 19.9 Å². The first-order valence-corrected chi connectivity index (χ1v) is 8.54. The maximum atomic E-state index is 12.2. The van der Waals surface area contributed by atoms with Crippen LogP contribution in [0.4, 0.5) is 0 Å². The van der Waals surface area contributed by atoms with Crippen LogP contribution in [0, 0.1) is 0 Å². The molecule has 0 heterocycles. The van der Waals surface area contributed by atoms with Crippen molar-refractivity contribution >= 4 is 22.4 Å². The maximum Gasteiger partial charge on any atom is 0.240 e. The van der Waals surface area contributed by atoms with E-state index in [1.54, 1.807) is 6.07 Å². The fourth-order valence-electron chi connectivity index (χ4n) is 1.70. The van der Waals surface area contributed by atoms with Crippen molar-refractivity contribution in [3.63, 3.8) is 0 Å². The summed E-state index contributed by atoms with van der Waals surface area (Å²) in [6.45, 7) is 6.74. The molecule has 0 saturated carbocycles. The van der Waals surface area contributed by atoms with Gasteiger partial charge < -0.3 is 15.2 Å². The van der Waals surface area contributed by atoms with Gasteiger partial charge in [-0.15, -0.1) is 12.4 Å². The van der Waals surface area contributed by atoms with Crippen molar-refractivity contribution in [3.05, 3.63) is 18.2 Å². The third kappa shape index (κ3) is 6.39. The number of rotatable bonds is 9. The summed E-state index contributed by atoms with van der Waals surface area (Å²) in [5, 5.41) is 0. The fourth-order valence-corrected chi connectivity index (χ4v) is 2.77. The second-order valence-electron chi connectivity index (χ2n) is 4.64. The first-order chi connectivity index (χ1) is 9.90. The molecule has 0 bridgehead atoms. The molecule has 0 aromatic heterocycles. The molecule has 0 aliphatic rings. The van der Waals surface area contributed by atoms with Gasteiger partial charge in [0.15, 0.2) is 11.5 Å². The van der Waals surface area contributed by atoms with E-state index < -0.39 is 10.0 Å². The van der Waals surface area contributed by atoms with Gasteiger partial charge in [0.2, 0.25) is 10.0 Å². The van der Waals surface area contributed by atoms with Gasteiger partial charge in [-0.05, 0) is 39.3 Å². The Kier molecular flexibility index (Phi) is 9.43. The Morgan fingerprint density at radius 1 is 1.18 bits per heavy atom. The number of hydrogen-bond acceptors (Lipinski definition) is 5. The van der Waals surface area contributed by atoms with Gasteiger partial charge in [-0.1, -0.05) is 0 Å². The number of benzene rings is 1. The molecule has 8 heteroatoms. The smallest absolute Gasteiger partial charge is 0.240 e. The summed E-state index contributed by atoms with van der Waals surface area (Å²) in [5.74, 6) is 0.961. The predicted octanol–water partition coefficient (Wildman–Crippen LogP) is 1.92. The van der Waals surface area contributed by atoms with Crippen LogP contribution >= 0.6 is 12.4 Å². The molecule has 22 heavy (non-hydrogen) atoms. The Balaban J connectivity index is 0.00000441. The highest BCUT2D eigenvalue weighted by atomic mass is 35.5. The molecule has 1 aromatic carbocycles. The molecule has 128 valence electrons.